The second-order valence-electron chi connectivity index (χ2n) is 8.23. The zero-order valence-corrected chi connectivity index (χ0v) is 19.4. The van der Waals surface area contributed by atoms with Crippen molar-refractivity contribution < 1.29 is 14.3 Å². The molecule has 31 heavy (non-hydrogen) atoms. The molecule has 1 aromatic carbocycles. The van der Waals surface area contributed by atoms with E-state index in [1.807, 2.05) is 22.9 Å². The van der Waals surface area contributed by atoms with Crippen molar-refractivity contribution in [1.29, 1.82) is 0 Å². The SMILES string of the molecule is CCSc1nc2n(n1)C(c1ccc(OCCC(C)C)c(OC)c1)C1=C(CCCC1=O)N2. The number of aromatic nitrogens is 3. The number of fused-ring (bicyclic) bond motifs is 1. The number of ether oxygens (including phenoxy) is 2. The first-order valence-electron chi connectivity index (χ1n) is 10.9. The molecule has 166 valence electrons. The van der Waals surface area contributed by atoms with Crippen molar-refractivity contribution in [3.05, 3.63) is 35.0 Å². The summed E-state index contributed by atoms with van der Waals surface area (Å²) in [6, 6.07) is 5.58. The molecule has 1 aromatic heterocycles. The molecular weight excluding hydrogens is 412 g/mol. The number of methoxy groups -OCH3 is 1. The largest absolute Gasteiger partial charge is 0.493 e. The maximum absolute atomic E-state index is 13.0. The van der Waals surface area contributed by atoms with E-state index >= 15 is 0 Å². The molecule has 7 nitrogen and oxygen atoms in total. The van der Waals surface area contributed by atoms with Crippen LogP contribution in [0.2, 0.25) is 0 Å². The van der Waals surface area contributed by atoms with E-state index in [1.54, 1.807) is 18.9 Å². The molecule has 0 spiro atoms. The summed E-state index contributed by atoms with van der Waals surface area (Å²) in [5.41, 5.74) is 2.69. The monoisotopic (exact) mass is 442 g/mol. The standard InChI is InChI=1S/C23H30N4O3S/c1-5-31-23-25-22-24-16-7-6-8-17(28)20(16)21(27(22)26-23)15-9-10-18(19(13-15)29-4)30-12-11-14(2)3/h9-10,13-14,21H,5-8,11-12H2,1-4H3,(H,24,25,26). The molecule has 0 fully saturated rings. The van der Waals surface area contributed by atoms with Gasteiger partial charge in [0.05, 0.1) is 13.7 Å². The van der Waals surface area contributed by atoms with E-state index < -0.39 is 0 Å². The number of allylic oxidation sites excluding steroid dienone is 2. The van der Waals surface area contributed by atoms with Gasteiger partial charge in [0.25, 0.3) is 0 Å². The molecule has 4 rings (SSSR count). The lowest BCUT2D eigenvalue weighted by molar-refractivity contribution is -0.116. The number of thioether (sulfide) groups is 1. The van der Waals surface area contributed by atoms with Gasteiger partial charge in [0.2, 0.25) is 11.1 Å². The minimum Gasteiger partial charge on any atom is -0.493 e. The number of carbonyl (C=O) groups is 1. The summed E-state index contributed by atoms with van der Waals surface area (Å²) in [4.78, 5) is 17.6. The molecule has 2 aromatic rings. The molecule has 2 aliphatic rings. The van der Waals surface area contributed by atoms with Crippen LogP contribution in [-0.2, 0) is 4.79 Å². The summed E-state index contributed by atoms with van der Waals surface area (Å²) in [6.07, 6.45) is 3.23. The van der Waals surface area contributed by atoms with E-state index in [2.05, 4.69) is 31.1 Å². The maximum atomic E-state index is 13.0. The van der Waals surface area contributed by atoms with E-state index in [0.717, 1.165) is 41.8 Å². The van der Waals surface area contributed by atoms with Gasteiger partial charge in [0.15, 0.2) is 17.3 Å². The predicted octanol–water partition coefficient (Wildman–Crippen LogP) is 4.85. The lowest BCUT2D eigenvalue weighted by atomic mass is 9.85. The Bertz CT molecular complexity index is 999. The fourth-order valence-corrected chi connectivity index (χ4v) is 4.57. The molecule has 0 saturated carbocycles. The molecule has 8 heteroatoms. The number of rotatable bonds is 8. The van der Waals surface area contributed by atoms with Crippen LogP contribution in [0.25, 0.3) is 0 Å². The summed E-state index contributed by atoms with van der Waals surface area (Å²) < 4.78 is 13.4. The minimum absolute atomic E-state index is 0.167. The third kappa shape index (κ3) is 4.44. The van der Waals surface area contributed by atoms with Gasteiger partial charge in [0, 0.05) is 17.7 Å². The molecule has 1 unspecified atom stereocenters. The predicted molar refractivity (Wildman–Crippen MR) is 122 cm³/mol. The highest BCUT2D eigenvalue weighted by atomic mass is 32.2. The topological polar surface area (TPSA) is 78.3 Å². The van der Waals surface area contributed by atoms with Gasteiger partial charge in [0.1, 0.15) is 6.04 Å². The van der Waals surface area contributed by atoms with Gasteiger partial charge >= 0.3 is 0 Å². The summed E-state index contributed by atoms with van der Waals surface area (Å²) in [7, 11) is 1.64. The van der Waals surface area contributed by atoms with Gasteiger partial charge in [-0.2, -0.15) is 4.98 Å². The molecule has 1 N–H and O–H groups in total. The number of nitrogens with one attached hydrogen (secondary N) is 1. The third-order valence-electron chi connectivity index (χ3n) is 5.58. The normalized spacial score (nSPS) is 18.0. The highest BCUT2D eigenvalue weighted by molar-refractivity contribution is 7.99. The van der Waals surface area contributed by atoms with Gasteiger partial charge < -0.3 is 14.8 Å². The Kier molecular flexibility index (Phi) is 6.55. The molecule has 0 amide bonds. The van der Waals surface area contributed by atoms with Crippen molar-refractivity contribution in [2.45, 2.75) is 57.7 Å². The van der Waals surface area contributed by atoms with Crippen LogP contribution >= 0.6 is 11.8 Å². The lowest BCUT2D eigenvalue weighted by Crippen LogP contribution is -2.31. The first kappa shape index (κ1) is 21.7. The van der Waals surface area contributed by atoms with E-state index in [-0.39, 0.29) is 11.8 Å². The zero-order valence-electron chi connectivity index (χ0n) is 18.6. The minimum atomic E-state index is -0.323. The van der Waals surface area contributed by atoms with E-state index in [0.29, 0.717) is 41.5 Å². The first-order chi connectivity index (χ1) is 15.0. The maximum Gasteiger partial charge on any atom is 0.227 e. The molecular formula is C23H30N4O3S. The fourth-order valence-electron chi connectivity index (χ4n) is 4.01. The van der Waals surface area contributed by atoms with E-state index in [9.17, 15) is 4.79 Å². The molecule has 0 saturated heterocycles. The number of nitrogens with zero attached hydrogens (tertiary/aromatic N) is 3. The Labute approximate surface area is 187 Å². The van der Waals surface area contributed by atoms with Gasteiger partial charge in [-0.25, -0.2) is 4.68 Å². The number of benzene rings is 1. The van der Waals surface area contributed by atoms with E-state index in [4.69, 9.17) is 14.6 Å². The molecule has 2 heterocycles. The second-order valence-corrected chi connectivity index (χ2v) is 9.46. The van der Waals surface area contributed by atoms with Crippen molar-refractivity contribution in [3.63, 3.8) is 0 Å². The average molecular weight is 443 g/mol. The van der Waals surface area contributed by atoms with Crippen LogP contribution in [0.5, 0.6) is 11.5 Å². The zero-order chi connectivity index (χ0) is 22.0. The highest BCUT2D eigenvalue weighted by Crippen LogP contribution is 2.42. The quantitative estimate of drug-likeness (QED) is 0.586. The van der Waals surface area contributed by atoms with Crippen LogP contribution in [0.15, 0.2) is 34.6 Å². The summed E-state index contributed by atoms with van der Waals surface area (Å²) in [5.74, 6) is 3.69. The second kappa shape index (κ2) is 9.34. The van der Waals surface area contributed by atoms with Gasteiger partial charge in [-0.3, -0.25) is 4.79 Å². The number of ketones is 1. The number of hydrogen-bond donors (Lipinski definition) is 1. The summed E-state index contributed by atoms with van der Waals surface area (Å²) in [5, 5.41) is 8.79. The molecule has 0 radical (unpaired) electrons. The lowest BCUT2D eigenvalue weighted by Gasteiger charge is -2.32. The van der Waals surface area contributed by atoms with Crippen LogP contribution in [0.1, 0.15) is 58.1 Å². The summed E-state index contributed by atoms with van der Waals surface area (Å²) in [6.45, 7) is 7.06. The smallest absolute Gasteiger partial charge is 0.227 e. The Morgan fingerprint density at radius 3 is 2.87 bits per heavy atom. The van der Waals surface area contributed by atoms with Gasteiger partial charge in [-0.1, -0.05) is 38.6 Å². The highest BCUT2D eigenvalue weighted by Gasteiger charge is 2.37. The molecule has 1 aliphatic heterocycles. The molecule has 0 bridgehead atoms. The Hall–Kier alpha value is -2.48. The van der Waals surface area contributed by atoms with Crippen LogP contribution in [0.3, 0.4) is 0 Å². The van der Waals surface area contributed by atoms with E-state index in [1.165, 1.54) is 0 Å². The molecule has 1 aliphatic carbocycles. The third-order valence-corrected chi connectivity index (χ3v) is 6.30. The Morgan fingerprint density at radius 1 is 1.29 bits per heavy atom. The Balaban J connectivity index is 1.73. The van der Waals surface area contributed by atoms with Crippen LogP contribution in [0, 0.1) is 5.92 Å². The van der Waals surface area contributed by atoms with Gasteiger partial charge in [-0.15, -0.1) is 5.10 Å². The van der Waals surface area contributed by atoms with Crippen molar-refractivity contribution in [1.82, 2.24) is 14.8 Å². The van der Waals surface area contributed by atoms with Crippen molar-refractivity contribution in [2.24, 2.45) is 5.92 Å². The number of carbonyl (C=O) groups excluding carboxylic acids is 1. The molecule has 1 atom stereocenters. The van der Waals surface area contributed by atoms with Gasteiger partial charge in [-0.05, 0) is 48.6 Å². The number of Topliss-reactive ketones (excluding diaryl/α,β-unsaturated/α-hetero) is 1. The number of anilines is 1. The first-order valence-corrected chi connectivity index (χ1v) is 11.9. The Morgan fingerprint density at radius 2 is 2.13 bits per heavy atom. The van der Waals surface area contributed by atoms with Crippen molar-refractivity contribution >= 4 is 23.5 Å². The van der Waals surface area contributed by atoms with Crippen molar-refractivity contribution in [3.8, 4) is 11.5 Å². The van der Waals surface area contributed by atoms with Crippen molar-refractivity contribution in [2.75, 3.05) is 24.8 Å². The summed E-state index contributed by atoms with van der Waals surface area (Å²) >= 11 is 1.59. The number of hydrogen-bond acceptors (Lipinski definition) is 7. The fraction of sp³-hybridized carbons (Fsp3) is 0.522. The van der Waals surface area contributed by atoms with Crippen LogP contribution in [-0.4, -0.2) is 40.0 Å². The average Bonchev–Trinajstić information content (AvgIpc) is 3.14. The van der Waals surface area contributed by atoms with Crippen LogP contribution in [0.4, 0.5) is 5.95 Å². The van der Waals surface area contributed by atoms with Crippen LogP contribution < -0.4 is 14.8 Å².